The number of Topliss-reactive ketones (excluding diaryl/α,β-unsaturated/α-hetero) is 1. The number of carbonyl (C=O) groups is 2. The maximum Gasteiger partial charge on any atom is 0.302 e. The molecule has 0 aromatic carbocycles. The Morgan fingerprint density at radius 2 is 1.87 bits per heavy atom. The Bertz CT molecular complexity index is 513. The van der Waals surface area contributed by atoms with E-state index < -0.39 is 0 Å². The Kier molecular flexibility index (Phi) is 3.81. The van der Waals surface area contributed by atoms with Crippen molar-refractivity contribution in [1.29, 1.82) is 0 Å². The van der Waals surface area contributed by atoms with Crippen LogP contribution in [0.5, 0.6) is 0 Å². The smallest absolute Gasteiger partial charge is 0.302 e. The standard InChI is InChI=1S/C20H30O3/c1-12(21)23-19-8-7-18-17-5-3-13-11-14(22)4-6-15(13)16(17)9-10-20(18,19)2/h13,15-19H,3-11H2,1-2H3/t13-,15+,16+,17+,18-,19-,20-/m0/s1. The lowest BCUT2D eigenvalue weighted by Crippen LogP contribution is -2.50. The average molecular weight is 318 g/mol. The zero-order valence-electron chi connectivity index (χ0n) is 14.6. The zero-order chi connectivity index (χ0) is 16.2. The molecule has 0 heterocycles. The molecule has 0 saturated heterocycles. The normalized spacial score (nSPS) is 49.0. The lowest BCUT2D eigenvalue weighted by atomic mass is 9.50. The highest BCUT2D eigenvalue weighted by molar-refractivity contribution is 5.79. The minimum atomic E-state index is -0.117. The van der Waals surface area contributed by atoms with Gasteiger partial charge in [-0.15, -0.1) is 0 Å². The molecule has 0 bridgehead atoms. The van der Waals surface area contributed by atoms with E-state index in [1.807, 2.05) is 0 Å². The molecule has 4 aliphatic rings. The fraction of sp³-hybridized carbons (Fsp3) is 0.900. The molecule has 0 amide bonds. The van der Waals surface area contributed by atoms with E-state index in [2.05, 4.69) is 6.92 Å². The predicted octanol–water partition coefficient (Wildman–Crippen LogP) is 4.14. The third-order valence-electron chi connectivity index (χ3n) is 7.99. The molecule has 4 rings (SSSR count). The molecule has 23 heavy (non-hydrogen) atoms. The van der Waals surface area contributed by atoms with Gasteiger partial charge in [0, 0.05) is 25.2 Å². The summed E-state index contributed by atoms with van der Waals surface area (Å²) < 4.78 is 5.70. The van der Waals surface area contributed by atoms with Gasteiger partial charge in [-0.1, -0.05) is 6.92 Å². The van der Waals surface area contributed by atoms with Crippen molar-refractivity contribution < 1.29 is 14.3 Å². The second-order valence-electron chi connectivity index (χ2n) is 8.94. The van der Waals surface area contributed by atoms with Gasteiger partial charge in [0.05, 0.1) is 0 Å². The summed E-state index contributed by atoms with van der Waals surface area (Å²) in [7, 11) is 0. The molecule has 0 aliphatic heterocycles. The van der Waals surface area contributed by atoms with Crippen LogP contribution in [0.15, 0.2) is 0 Å². The number of ketones is 1. The Balaban J connectivity index is 1.53. The molecule has 0 N–H and O–H groups in total. The van der Waals surface area contributed by atoms with Gasteiger partial charge in [-0.3, -0.25) is 9.59 Å². The topological polar surface area (TPSA) is 43.4 Å². The van der Waals surface area contributed by atoms with E-state index in [0.29, 0.717) is 11.7 Å². The van der Waals surface area contributed by atoms with E-state index in [9.17, 15) is 9.59 Å². The third kappa shape index (κ3) is 2.46. The van der Waals surface area contributed by atoms with Crippen LogP contribution in [0, 0.1) is 35.0 Å². The van der Waals surface area contributed by atoms with Gasteiger partial charge in [-0.25, -0.2) is 0 Å². The fourth-order valence-corrected chi connectivity index (χ4v) is 7.01. The summed E-state index contributed by atoms with van der Waals surface area (Å²) in [5.74, 6) is 4.22. The van der Waals surface area contributed by atoms with Crippen molar-refractivity contribution in [2.75, 3.05) is 0 Å². The van der Waals surface area contributed by atoms with E-state index in [-0.39, 0.29) is 17.5 Å². The molecule has 0 aromatic rings. The van der Waals surface area contributed by atoms with E-state index in [0.717, 1.165) is 49.4 Å². The molecule has 0 unspecified atom stereocenters. The Morgan fingerprint density at radius 3 is 2.65 bits per heavy atom. The predicted molar refractivity (Wildman–Crippen MR) is 87.7 cm³/mol. The summed E-state index contributed by atoms with van der Waals surface area (Å²) >= 11 is 0. The van der Waals surface area contributed by atoms with Crippen molar-refractivity contribution >= 4 is 11.8 Å². The summed E-state index contributed by atoms with van der Waals surface area (Å²) in [6.07, 6.45) is 10.3. The van der Waals surface area contributed by atoms with Gasteiger partial charge in [0.25, 0.3) is 0 Å². The van der Waals surface area contributed by atoms with Gasteiger partial charge >= 0.3 is 5.97 Å². The summed E-state index contributed by atoms with van der Waals surface area (Å²) in [5, 5.41) is 0. The molecule has 4 saturated carbocycles. The van der Waals surface area contributed by atoms with E-state index in [1.165, 1.54) is 32.1 Å². The second-order valence-corrected chi connectivity index (χ2v) is 8.94. The number of carbonyl (C=O) groups excluding carboxylic acids is 2. The number of hydrogen-bond donors (Lipinski definition) is 0. The number of hydrogen-bond acceptors (Lipinski definition) is 3. The highest BCUT2D eigenvalue weighted by Gasteiger charge is 2.58. The van der Waals surface area contributed by atoms with Crippen LogP contribution in [0.4, 0.5) is 0 Å². The first-order valence-electron chi connectivity index (χ1n) is 9.68. The molecule has 128 valence electrons. The average Bonchev–Trinajstić information content (AvgIpc) is 2.83. The van der Waals surface area contributed by atoms with Gasteiger partial charge in [0.1, 0.15) is 11.9 Å². The van der Waals surface area contributed by atoms with E-state index in [1.54, 1.807) is 6.92 Å². The Labute approximate surface area is 139 Å². The number of fused-ring (bicyclic) bond motifs is 5. The summed E-state index contributed by atoms with van der Waals surface area (Å²) in [4.78, 5) is 23.3. The first kappa shape index (κ1) is 15.7. The SMILES string of the molecule is CC(=O)O[C@H]1CC[C@H]2[C@@H]3CC[C@H]4CC(=O)CC[C@H]4[C@H]3CC[C@]12C. The molecular weight excluding hydrogens is 288 g/mol. The number of esters is 1. The maximum atomic E-state index is 11.8. The lowest BCUT2D eigenvalue weighted by Gasteiger charge is -2.55. The highest BCUT2D eigenvalue weighted by Crippen LogP contribution is 2.62. The summed E-state index contributed by atoms with van der Waals surface area (Å²) in [6.45, 7) is 3.93. The fourth-order valence-electron chi connectivity index (χ4n) is 7.01. The Hall–Kier alpha value is -0.860. The van der Waals surface area contributed by atoms with Crippen LogP contribution in [0.3, 0.4) is 0 Å². The van der Waals surface area contributed by atoms with E-state index >= 15 is 0 Å². The molecule has 7 atom stereocenters. The second kappa shape index (κ2) is 5.60. The van der Waals surface area contributed by atoms with E-state index in [4.69, 9.17) is 4.74 Å². The van der Waals surface area contributed by atoms with Crippen molar-refractivity contribution in [3.8, 4) is 0 Å². The molecule has 3 heteroatoms. The third-order valence-corrected chi connectivity index (χ3v) is 7.99. The quantitative estimate of drug-likeness (QED) is 0.682. The molecule has 0 aromatic heterocycles. The maximum absolute atomic E-state index is 11.8. The van der Waals surface area contributed by atoms with Crippen molar-refractivity contribution in [3.63, 3.8) is 0 Å². The Morgan fingerprint density at radius 1 is 1.04 bits per heavy atom. The van der Waals surface area contributed by atoms with Crippen molar-refractivity contribution in [2.24, 2.45) is 35.0 Å². The van der Waals surface area contributed by atoms with Gasteiger partial charge in [0.15, 0.2) is 0 Å². The summed E-state index contributed by atoms with van der Waals surface area (Å²) in [6, 6.07) is 0. The molecule has 0 radical (unpaired) electrons. The monoisotopic (exact) mass is 318 g/mol. The van der Waals surface area contributed by atoms with Crippen LogP contribution < -0.4 is 0 Å². The minimum absolute atomic E-state index is 0.117. The first-order chi connectivity index (χ1) is 11.0. The molecule has 4 aliphatic carbocycles. The van der Waals surface area contributed by atoms with Crippen LogP contribution in [0.2, 0.25) is 0 Å². The van der Waals surface area contributed by atoms with Crippen LogP contribution >= 0.6 is 0 Å². The van der Waals surface area contributed by atoms with Crippen molar-refractivity contribution in [1.82, 2.24) is 0 Å². The lowest BCUT2D eigenvalue weighted by molar-refractivity contribution is -0.157. The minimum Gasteiger partial charge on any atom is -0.462 e. The summed E-state index contributed by atoms with van der Waals surface area (Å²) in [5.41, 5.74) is 0.199. The van der Waals surface area contributed by atoms with Crippen LogP contribution in [-0.4, -0.2) is 17.9 Å². The number of ether oxygens (including phenoxy) is 1. The van der Waals surface area contributed by atoms with Gasteiger partial charge in [0.2, 0.25) is 0 Å². The molecular formula is C20H30O3. The van der Waals surface area contributed by atoms with Crippen molar-refractivity contribution in [2.45, 2.75) is 77.7 Å². The van der Waals surface area contributed by atoms with Gasteiger partial charge in [-0.05, 0) is 74.5 Å². The largest absolute Gasteiger partial charge is 0.462 e. The zero-order valence-corrected chi connectivity index (χ0v) is 14.6. The first-order valence-corrected chi connectivity index (χ1v) is 9.68. The molecule has 4 fully saturated rings. The van der Waals surface area contributed by atoms with Gasteiger partial charge < -0.3 is 4.74 Å². The van der Waals surface area contributed by atoms with Gasteiger partial charge in [-0.2, -0.15) is 0 Å². The number of rotatable bonds is 1. The molecule has 3 nitrogen and oxygen atoms in total. The van der Waals surface area contributed by atoms with Crippen molar-refractivity contribution in [3.05, 3.63) is 0 Å². The molecule has 0 spiro atoms. The van der Waals surface area contributed by atoms with Crippen LogP contribution in [0.25, 0.3) is 0 Å². The van der Waals surface area contributed by atoms with Crippen LogP contribution in [-0.2, 0) is 14.3 Å². The van der Waals surface area contributed by atoms with Crippen LogP contribution in [0.1, 0.15) is 71.6 Å². The highest BCUT2D eigenvalue weighted by atomic mass is 16.5.